The molecule has 1 aliphatic rings. The molecule has 1 saturated heterocycles. The van der Waals surface area contributed by atoms with Crippen molar-refractivity contribution in [3.63, 3.8) is 0 Å². The van der Waals surface area contributed by atoms with Gasteiger partial charge in [-0.1, -0.05) is 30.3 Å². The standard InChI is InChI=1S/C16H22NO2.BrH.Zn/c1-4-19-16(18)15-12(2)10-11-17(15)13(3)14-8-6-5-7-9-14;;/h5-9,12-13,15H,2,4,10-11H2,1,3H3;1H;/p-1/t12-,13?,15+;;/m1../s1. The number of esters is 1. The third-order valence-corrected chi connectivity index (χ3v) is 3.87. The zero-order valence-corrected chi connectivity index (χ0v) is 17.3. The summed E-state index contributed by atoms with van der Waals surface area (Å²) in [6.45, 7) is 9.41. The zero-order chi connectivity index (χ0) is 13.8. The molecule has 0 amide bonds. The van der Waals surface area contributed by atoms with Crippen LogP contribution in [0.25, 0.3) is 0 Å². The molecule has 5 heteroatoms. The summed E-state index contributed by atoms with van der Waals surface area (Å²) in [5.74, 6) is -0.0204. The van der Waals surface area contributed by atoms with Crippen LogP contribution < -0.4 is 17.0 Å². The number of ether oxygens (including phenoxy) is 1. The van der Waals surface area contributed by atoms with Gasteiger partial charge in [-0.25, -0.2) is 0 Å². The zero-order valence-electron chi connectivity index (χ0n) is 12.8. The third kappa shape index (κ3) is 4.87. The molecule has 1 aromatic rings. The number of likely N-dealkylation sites (tertiary alicyclic amines) is 1. The van der Waals surface area contributed by atoms with Crippen molar-refractivity contribution in [2.24, 2.45) is 5.92 Å². The number of rotatable bonds is 4. The fourth-order valence-electron chi connectivity index (χ4n) is 2.80. The molecule has 21 heavy (non-hydrogen) atoms. The van der Waals surface area contributed by atoms with Gasteiger partial charge in [0.05, 0.1) is 6.61 Å². The van der Waals surface area contributed by atoms with Crippen molar-refractivity contribution in [2.75, 3.05) is 13.2 Å². The number of carbonyl (C=O) groups is 1. The largest absolute Gasteiger partial charge is 1.00 e. The minimum absolute atomic E-state index is 0. The van der Waals surface area contributed by atoms with E-state index < -0.39 is 0 Å². The molecular weight excluding hydrogens is 383 g/mol. The minimum Gasteiger partial charge on any atom is -1.00 e. The summed E-state index contributed by atoms with van der Waals surface area (Å²) in [6, 6.07) is 10.3. The molecule has 3 atom stereocenters. The van der Waals surface area contributed by atoms with E-state index in [0.717, 1.165) is 13.0 Å². The Labute approximate surface area is 151 Å². The Kier molecular flexibility index (Phi) is 9.59. The molecular formula is C16H22BrNO2Zn-. The van der Waals surface area contributed by atoms with Crippen LogP contribution >= 0.6 is 0 Å². The van der Waals surface area contributed by atoms with Crippen LogP contribution in [0.5, 0.6) is 0 Å². The molecule has 1 heterocycles. The molecule has 0 saturated carbocycles. The van der Waals surface area contributed by atoms with Crippen molar-refractivity contribution in [1.82, 2.24) is 4.90 Å². The normalized spacial score (nSPS) is 22.8. The Morgan fingerprint density at radius 2 is 2.05 bits per heavy atom. The Balaban J connectivity index is 0.00000200. The summed E-state index contributed by atoms with van der Waals surface area (Å²) in [4.78, 5) is 14.3. The van der Waals surface area contributed by atoms with E-state index in [2.05, 4.69) is 30.9 Å². The average Bonchev–Trinajstić information content (AvgIpc) is 2.81. The van der Waals surface area contributed by atoms with E-state index >= 15 is 0 Å². The van der Waals surface area contributed by atoms with Gasteiger partial charge < -0.3 is 21.7 Å². The van der Waals surface area contributed by atoms with Gasteiger partial charge in [-0.15, -0.1) is 0 Å². The van der Waals surface area contributed by atoms with Gasteiger partial charge in [0.2, 0.25) is 0 Å². The Hall–Kier alpha value is -0.247. The maximum atomic E-state index is 12.1. The van der Waals surface area contributed by atoms with Crippen LogP contribution in [0.1, 0.15) is 31.9 Å². The predicted octanol–water partition coefficient (Wildman–Crippen LogP) is -0.163. The van der Waals surface area contributed by atoms with E-state index in [4.69, 9.17) is 4.74 Å². The summed E-state index contributed by atoms with van der Waals surface area (Å²) in [5, 5.41) is 0. The maximum absolute atomic E-state index is 12.1. The molecule has 0 N–H and O–H groups in total. The van der Waals surface area contributed by atoms with Crippen LogP contribution in [0.3, 0.4) is 0 Å². The third-order valence-electron chi connectivity index (χ3n) is 3.87. The predicted molar refractivity (Wildman–Crippen MR) is 75.4 cm³/mol. The first-order chi connectivity index (χ1) is 9.15. The van der Waals surface area contributed by atoms with E-state index in [9.17, 15) is 4.79 Å². The molecule has 2 rings (SSSR count). The fraction of sp³-hybridized carbons (Fsp3) is 0.500. The van der Waals surface area contributed by atoms with Gasteiger partial charge in [-0.2, -0.15) is 0 Å². The van der Waals surface area contributed by atoms with E-state index in [1.807, 2.05) is 25.1 Å². The van der Waals surface area contributed by atoms with Crippen LogP contribution in [0, 0.1) is 12.8 Å². The smallest absolute Gasteiger partial charge is 0.323 e. The number of carbonyl (C=O) groups excluding carboxylic acids is 1. The van der Waals surface area contributed by atoms with E-state index in [-0.39, 0.29) is 60.4 Å². The van der Waals surface area contributed by atoms with Gasteiger partial charge in [0, 0.05) is 25.5 Å². The van der Waals surface area contributed by atoms with Crippen molar-refractivity contribution in [2.45, 2.75) is 32.4 Å². The molecule has 0 bridgehead atoms. The first-order valence-electron chi connectivity index (χ1n) is 6.95. The Morgan fingerprint density at radius 1 is 1.43 bits per heavy atom. The van der Waals surface area contributed by atoms with Crippen LogP contribution in [-0.4, -0.2) is 30.1 Å². The van der Waals surface area contributed by atoms with Gasteiger partial charge in [0.25, 0.3) is 0 Å². The van der Waals surface area contributed by atoms with Gasteiger partial charge in [0.1, 0.15) is 6.04 Å². The molecule has 1 aliphatic heterocycles. The van der Waals surface area contributed by atoms with Crippen molar-refractivity contribution >= 4 is 5.97 Å². The molecule has 113 valence electrons. The van der Waals surface area contributed by atoms with Crippen molar-refractivity contribution < 1.29 is 46.0 Å². The molecule has 1 unspecified atom stereocenters. The number of benzene rings is 1. The van der Waals surface area contributed by atoms with Crippen molar-refractivity contribution in [3.05, 3.63) is 42.8 Å². The first-order valence-corrected chi connectivity index (χ1v) is 6.95. The number of halogens is 1. The molecule has 1 aromatic carbocycles. The van der Waals surface area contributed by atoms with Crippen molar-refractivity contribution in [3.8, 4) is 0 Å². The fourth-order valence-corrected chi connectivity index (χ4v) is 2.80. The number of nitrogens with zero attached hydrogens (tertiary/aromatic N) is 1. The average molecular weight is 406 g/mol. The summed E-state index contributed by atoms with van der Waals surface area (Å²) in [5.41, 5.74) is 1.23. The number of hydrogen-bond donors (Lipinski definition) is 0. The minimum atomic E-state index is -0.213. The Bertz CT molecular complexity index is 430. The summed E-state index contributed by atoms with van der Waals surface area (Å²) in [7, 11) is 0. The monoisotopic (exact) mass is 403 g/mol. The van der Waals surface area contributed by atoms with E-state index in [0.29, 0.717) is 6.61 Å². The van der Waals surface area contributed by atoms with Crippen LogP contribution in [0.15, 0.2) is 30.3 Å². The van der Waals surface area contributed by atoms with E-state index in [1.54, 1.807) is 0 Å². The number of hydrogen-bond acceptors (Lipinski definition) is 3. The first kappa shape index (κ1) is 20.8. The molecule has 0 aromatic heterocycles. The molecule has 0 spiro atoms. The molecule has 0 aliphatic carbocycles. The second kappa shape index (κ2) is 9.71. The van der Waals surface area contributed by atoms with E-state index in [1.165, 1.54) is 5.56 Å². The van der Waals surface area contributed by atoms with Gasteiger partial charge in [0.15, 0.2) is 0 Å². The van der Waals surface area contributed by atoms with Crippen LogP contribution in [-0.2, 0) is 29.0 Å². The van der Waals surface area contributed by atoms with Crippen LogP contribution in [0.2, 0.25) is 0 Å². The summed E-state index contributed by atoms with van der Waals surface area (Å²) >= 11 is 0. The molecule has 3 nitrogen and oxygen atoms in total. The maximum Gasteiger partial charge on any atom is 0.323 e. The topological polar surface area (TPSA) is 29.5 Å². The van der Waals surface area contributed by atoms with Gasteiger partial charge in [-0.05, 0) is 45.2 Å². The second-order valence-corrected chi connectivity index (χ2v) is 5.07. The van der Waals surface area contributed by atoms with Gasteiger partial charge in [-0.3, -0.25) is 9.69 Å². The quantitative estimate of drug-likeness (QED) is 0.515. The van der Waals surface area contributed by atoms with Crippen LogP contribution in [0.4, 0.5) is 0 Å². The summed E-state index contributed by atoms with van der Waals surface area (Å²) in [6.07, 6.45) is 0.945. The molecule has 1 radical (unpaired) electrons. The Morgan fingerprint density at radius 3 is 2.62 bits per heavy atom. The SMILES string of the molecule is [Br-].[CH2][C@@H]1CCN(C(C)c2ccccc2)[C@@H]1C(=O)OCC.[Zn]. The van der Waals surface area contributed by atoms with Crippen molar-refractivity contribution in [1.29, 1.82) is 0 Å². The molecule has 1 fully saturated rings. The second-order valence-electron chi connectivity index (χ2n) is 5.07. The van der Waals surface area contributed by atoms with Gasteiger partial charge >= 0.3 is 5.97 Å². The summed E-state index contributed by atoms with van der Waals surface area (Å²) < 4.78 is 5.19.